The van der Waals surface area contributed by atoms with Crippen LogP contribution in [0.2, 0.25) is 0 Å². The zero-order valence-corrected chi connectivity index (χ0v) is 11.0. The van der Waals surface area contributed by atoms with Gasteiger partial charge in [0.2, 0.25) is 0 Å². The van der Waals surface area contributed by atoms with E-state index in [0.29, 0.717) is 0 Å². The topological polar surface area (TPSA) is 38.9 Å². The van der Waals surface area contributed by atoms with Gasteiger partial charge in [0.25, 0.3) is 0 Å². The third kappa shape index (κ3) is 2.22. The summed E-state index contributed by atoms with van der Waals surface area (Å²) in [5, 5.41) is 1.14. The molecular formula is C15H14N2S. The maximum Gasteiger partial charge on any atom is 0.0982 e. The Morgan fingerprint density at radius 2 is 2.06 bits per heavy atom. The molecule has 0 aliphatic carbocycles. The van der Waals surface area contributed by atoms with Gasteiger partial charge in [-0.1, -0.05) is 18.2 Å². The number of nitrogens with two attached hydrogens (primary N) is 1. The normalized spacial score (nSPS) is 10.9. The van der Waals surface area contributed by atoms with Crippen LogP contribution in [0.15, 0.2) is 42.5 Å². The Kier molecular flexibility index (Phi) is 2.76. The quantitative estimate of drug-likeness (QED) is 0.707. The molecule has 2 N–H and O–H groups in total. The molecule has 0 saturated carbocycles. The molecular weight excluding hydrogens is 240 g/mol. The van der Waals surface area contributed by atoms with E-state index >= 15 is 0 Å². The average Bonchev–Trinajstić information content (AvgIpc) is 2.70. The number of hydrogen-bond donors (Lipinski definition) is 1. The van der Waals surface area contributed by atoms with Crippen molar-refractivity contribution in [3.05, 3.63) is 58.6 Å². The zero-order valence-electron chi connectivity index (χ0n) is 10.2. The molecule has 0 fully saturated rings. The molecule has 18 heavy (non-hydrogen) atoms. The molecule has 3 heteroatoms. The summed E-state index contributed by atoms with van der Waals surface area (Å²) in [5.41, 5.74) is 10.2. The van der Waals surface area contributed by atoms with Gasteiger partial charge in [-0.3, -0.25) is 0 Å². The van der Waals surface area contributed by atoms with Crippen LogP contribution < -0.4 is 5.73 Å². The van der Waals surface area contributed by atoms with E-state index in [1.54, 1.807) is 11.3 Å². The largest absolute Gasteiger partial charge is 0.399 e. The Bertz CT molecular complexity index is 701. The summed E-state index contributed by atoms with van der Waals surface area (Å²) in [4.78, 5) is 4.68. The van der Waals surface area contributed by atoms with E-state index in [-0.39, 0.29) is 0 Å². The standard InChI is InChI=1S/C15H14N2S/c1-10-5-6-14-13(7-10)17-15(18-14)9-11-3-2-4-12(16)8-11/h2-8H,9,16H2,1H3. The van der Waals surface area contributed by atoms with Crippen molar-refractivity contribution in [2.45, 2.75) is 13.3 Å². The number of nitrogens with zero attached hydrogens (tertiary/aromatic N) is 1. The number of hydrogen-bond acceptors (Lipinski definition) is 3. The Balaban J connectivity index is 1.95. The maximum atomic E-state index is 5.79. The molecule has 0 bridgehead atoms. The first-order valence-corrected chi connectivity index (χ1v) is 6.73. The van der Waals surface area contributed by atoms with Gasteiger partial charge in [0.15, 0.2) is 0 Å². The van der Waals surface area contributed by atoms with Crippen LogP contribution >= 0.6 is 11.3 Å². The van der Waals surface area contributed by atoms with Crippen molar-refractivity contribution < 1.29 is 0 Å². The predicted molar refractivity (Wildman–Crippen MR) is 78.0 cm³/mol. The molecule has 0 saturated heterocycles. The summed E-state index contributed by atoms with van der Waals surface area (Å²) < 4.78 is 1.25. The first-order chi connectivity index (χ1) is 8.70. The van der Waals surface area contributed by atoms with Crippen molar-refractivity contribution in [2.24, 2.45) is 0 Å². The van der Waals surface area contributed by atoms with Gasteiger partial charge in [-0.15, -0.1) is 11.3 Å². The van der Waals surface area contributed by atoms with E-state index in [9.17, 15) is 0 Å². The lowest BCUT2D eigenvalue weighted by atomic mass is 10.1. The fourth-order valence-electron chi connectivity index (χ4n) is 2.04. The number of rotatable bonds is 2. The molecule has 0 spiro atoms. The Morgan fingerprint density at radius 3 is 2.89 bits per heavy atom. The summed E-state index contributed by atoms with van der Waals surface area (Å²) in [7, 11) is 0. The van der Waals surface area contributed by atoms with E-state index < -0.39 is 0 Å². The van der Waals surface area contributed by atoms with Crippen molar-refractivity contribution in [1.82, 2.24) is 4.98 Å². The smallest absolute Gasteiger partial charge is 0.0982 e. The lowest BCUT2D eigenvalue weighted by Gasteiger charge is -1.98. The van der Waals surface area contributed by atoms with E-state index in [2.05, 4.69) is 36.2 Å². The highest BCUT2D eigenvalue weighted by molar-refractivity contribution is 7.18. The predicted octanol–water partition coefficient (Wildman–Crippen LogP) is 3.78. The molecule has 3 aromatic rings. The monoisotopic (exact) mass is 254 g/mol. The fourth-order valence-corrected chi connectivity index (χ4v) is 3.02. The lowest BCUT2D eigenvalue weighted by Crippen LogP contribution is -1.90. The second-order valence-electron chi connectivity index (χ2n) is 4.50. The van der Waals surface area contributed by atoms with Gasteiger partial charge in [0.1, 0.15) is 0 Å². The van der Waals surface area contributed by atoms with Crippen molar-refractivity contribution in [2.75, 3.05) is 5.73 Å². The number of benzene rings is 2. The molecule has 0 radical (unpaired) electrons. The minimum atomic E-state index is 0.810. The van der Waals surface area contributed by atoms with Crippen LogP contribution in [-0.4, -0.2) is 4.98 Å². The Morgan fingerprint density at radius 1 is 1.17 bits per heavy atom. The van der Waals surface area contributed by atoms with Crippen LogP contribution in [-0.2, 0) is 6.42 Å². The van der Waals surface area contributed by atoms with E-state index in [0.717, 1.165) is 22.6 Å². The van der Waals surface area contributed by atoms with Crippen LogP contribution in [0.25, 0.3) is 10.2 Å². The molecule has 90 valence electrons. The van der Waals surface area contributed by atoms with Gasteiger partial charge in [-0.25, -0.2) is 4.98 Å². The minimum absolute atomic E-state index is 0.810. The van der Waals surface area contributed by atoms with Crippen molar-refractivity contribution in [3.63, 3.8) is 0 Å². The van der Waals surface area contributed by atoms with Crippen LogP contribution in [0, 0.1) is 6.92 Å². The first-order valence-electron chi connectivity index (χ1n) is 5.91. The molecule has 2 nitrogen and oxygen atoms in total. The van der Waals surface area contributed by atoms with Crippen molar-refractivity contribution in [3.8, 4) is 0 Å². The third-order valence-corrected chi connectivity index (χ3v) is 3.93. The lowest BCUT2D eigenvalue weighted by molar-refractivity contribution is 1.16. The average molecular weight is 254 g/mol. The molecule has 0 atom stereocenters. The number of fused-ring (bicyclic) bond motifs is 1. The maximum absolute atomic E-state index is 5.79. The van der Waals surface area contributed by atoms with Crippen LogP contribution in [0.5, 0.6) is 0 Å². The summed E-state index contributed by atoms with van der Waals surface area (Å²) in [6.45, 7) is 2.09. The summed E-state index contributed by atoms with van der Waals surface area (Å²) in [6, 6.07) is 14.4. The third-order valence-electron chi connectivity index (χ3n) is 2.89. The Hall–Kier alpha value is -1.87. The molecule has 0 unspecified atom stereocenters. The first kappa shape index (κ1) is 11.2. The number of anilines is 1. The highest BCUT2D eigenvalue weighted by Gasteiger charge is 2.05. The molecule has 1 aromatic heterocycles. The van der Waals surface area contributed by atoms with Crippen LogP contribution in [0.3, 0.4) is 0 Å². The SMILES string of the molecule is Cc1ccc2sc(Cc3cccc(N)c3)nc2c1. The van der Waals surface area contributed by atoms with Gasteiger partial charge < -0.3 is 5.73 Å². The molecule has 1 heterocycles. The number of aryl methyl sites for hydroxylation is 1. The number of thiazole rings is 1. The van der Waals surface area contributed by atoms with Gasteiger partial charge in [0.05, 0.1) is 15.2 Å². The van der Waals surface area contributed by atoms with Gasteiger partial charge in [0, 0.05) is 12.1 Å². The van der Waals surface area contributed by atoms with E-state index in [1.165, 1.54) is 15.8 Å². The Labute approximate surface area is 110 Å². The second kappa shape index (κ2) is 4.42. The molecule has 0 amide bonds. The number of nitrogen functional groups attached to an aromatic ring is 1. The van der Waals surface area contributed by atoms with Gasteiger partial charge in [-0.05, 0) is 42.3 Å². The second-order valence-corrected chi connectivity index (χ2v) is 5.62. The zero-order chi connectivity index (χ0) is 12.5. The molecule has 0 aliphatic heterocycles. The van der Waals surface area contributed by atoms with E-state index in [4.69, 9.17) is 5.73 Å². The fraction of sp³-hybridized carbons (Fsp3) is 0.133. The minimum Gasteiger partial charge on any atom is -0.399 e. The highest BCUT2D eigenvalue weighted by atomic mass is 32.1. The summed E-state index contributed by atoms with van der Waals surface area (Å²) >= 11 is 1.75. The van der Waals surface area contributed by atoms with Crippen molar-refractivity contribution >= 4 is 27.2 Å². The number of aromatic nitrogens is 1. The molecule has 0 aliphatic rings. The van der Waals surface area contributed by atoms with Crippen LogP contribution in [0.4, 0.5) is 5.69 Å². The van der Waals surface area contributed by atoms with Gasteiger partial charge in [-0.2, -0.15) is 0 Å². The summed E-state index contributed by atoms with van der Waals surface area (Å²) in [6.07, 6.45) is 0.851. The van der Waals surface area contributed by atoms with Crippen molar-refractivity contribution in [1.29, 1.82) is 0 Å². The molecule has 3 rings (SSSR count). The van der Waals surface area contributed by atoms with E-state index in [1.807, 2.05) is 18.2 Å². The highest BCUT2D eigenvalue weighted by Crippen LogP contribution is 2.25. The van der Waals surface area contributed by atoms with Gasteiger partial charge >= 0.3 is 0 Å². The summed E-state index contributed by atoms with van der Waals surface area (Å²) in [5.74, 6) is 0. The molecule has 2 aromatic carbocycles. The van der Waals surface area contributed by atoms with Crippen LogP contribution in [0.1, 0.15) is 16.1 Å².